The number of hydrogen-bond donors (Lipinski definition) is 0. The first-order chi connectivity index (χ1) is 19.6. The summed E-state index contributed by atoms with van der Waals surface area (Å²) in [7, 11) is 2.01. The maximum Gasteiger partial charge on any atom is 0.306 e. The fourth-order valence-corrected chi connectivity index (χ4v) is 5.38. The van der Waals surface area contributed by atoms with Crippen molar-refractivity contribution >= 4 is 13.8 Å². The lowest BCUT2D eigenvalue weighted by Crippen LogP contribution is -2.35. The van der Waals surface area contributed by atoms with Gasteiger partial charge in [-0.15, -0.1) is 0 Å². The molecule has 246 valence electrons. The maximum absolute atomic E-state index is 12.2. The van der Waals surface area contributed by atoms with Crippen LogP contribution in [0.4, 0.5) is 0 Å². The van der Waals surface area contributed by atoms with Gasteiger partial charge in [0.2, 0.25) is 0 Å². The van der Waals surface area contributed by atoms with E-state index in [4.69, 9.17) is 18.5 Å². The van der Waals surface area contributed by atoms with Gasteiger partial charge in [0.1, 0.15) is 6.10 Å². The monoisotopic (exact) mass is 607 g/mol. The summed E-state index contributed by atoms with van der Waals surface area (Å²) in [6.07, 6.45) is 22.0. The summed E-state index contributed by atoms with van der Waals surface area (Å²) >= 11 is 0. The van der Waals surface area contributed by atoms with E-state index in [1.807, 2.05) is 6.92 Å². The van der Waals surface area contributed by atoms with Crippen molar-refractivity contribution in [3.05, 3.63) is 0 Å². The molecule has 0 radical (unpaired) electrons. The van der Waals surface area contributed by atoms with Gasteiger partial charge in [-0.1, -0.05) is 104 Å². The molecule has 0 spiro atoms. The van der Waals surface area contributed by atoms with Crippen molar-refractivity contribution in [2.45, 2.75) is 148 Å². The van der Waals surface area contributed by atoms with E-state index in [2.05, 4.69) is 28.1 Å². The van der Waals surface area contributed by atoms with E-state index in [-0.39, 0.29) is 32.2 Å². The molecule has 8 nitrogen and oxygen atoms in total. The van der Waals surface area contributed by atoms with Gasteiger partial charge >= 0.3 is 5.97 Å². The quantitative estimate of drug-likeness (QED) is 0.0341. The Hall–Kier alpha value is -0.500. The van der Waals surface area contributed by atoms with Crippen molar-refractivity contribution < 1.29 is 37.3 Å². The molecule has 1 unspecified atom stereocenters. The summed E-state index contributed by atoms with van der Waals surface area (Å²) in [6.45, 7) is 5.71. The Balaban J connectivity index is 3.99. The first-order valence-corrected chi connectivity index (χ1v) is 18.2. The number of hydrogen-bond acceptors (Lipinski definition) is 7. The molecule has 0 saturated carbocycles. The number of carbonyl (C=O) groups is 1. The number of phosphoric ester groups is 1. The number of carbonyl (C=O) groups excluding carboxylic acids is 1. The molecule has 0 aliphatic rings. The fraction of sp³-hybridized carbons (Fsp3) is 0.969. The summed E-state index contributed by atoms with van der Waals surface area (Å²) in [5.74, 6) is -0.378. The van der Waals surface area contributed by atoms with E-state index in [0.717, 1.165) is 43.1 Å². The molecule has 9 heteroatoms. The predicted molar refractivity (Wildman–Crippen MR) is 167 cm³/mol. The van der Waals surface area contributed by atoms with Crippen molar-refractivity contribution in [3.8, 4) is 0 Å². The van der Waals surface area contributed by atoms with E-state index in [9.17, 15) is 14.3 Å². The zero-order valence-corrected chi connectivity index (χ0v) is 28.4. The summed E-state index contributed by atoms with van der Waals surface area (Å²) in [4.78, 5) is 24.2. The Bertz CT molecular complexity index is 642. The summed E-state index contributed by atoms with van der Waals surface area (Å²) in [5, 5.41) is 0. The van der Waals surface area contributed by atoms with Gasteiger partial charge in [-0.3, -0.25) is 9.36 Å². The molecule has 0 aromatic carbocycles. The highest BCUT2D eigenvalue weighted by atomic mass is 31.2. The zero-order valence-electron chi connectivity index (χ0n) is 27.5. The standard InChI is InChI=1S/C32H66NO7P/c1-6-8-9-10-11-12-13-14-15-16-17-18-20-23-27-37-29-31(40-32(34)25-7-2)30-39-41(35,36)38-28-24-21-19-22-26-33(3,4)5/h31H,6-30H2,1-5H3/t31-/m0/s1. The highest BCUT2D eigenvalue weighted by Crippen LogP contribution is 2.38. The van der Waals surface area contributed by atoms with Gasteiger partial charge in [-0.2, -0.15) is 0 Å². The Morgan fingerprint density at radius 2 is 1.15 bits per heavy atom. The molecule has 41 heavy (non-hydrogen) atoms. The van der Waals surface area contributed by atoms with Crippen molar-refractivity contribution in [2.24, 2.45) is 0 Å². The van der Waals surface area contributed by atoms with Gasteiger partial charge in [0.15, 0.2) is 0 Å². The van der Waals surface area contributed by atoms with Crippen LogP contribution < -0.4 is 4.89 Å². The van der Waals surface area contributed by atoms with Crippen LogP contribution in [0.25, 0.3) is 0 Å². The van der Waals surface area contributed by atoms with Crippen LogP contribution in [0.15, 0.2) is 0 Å². The Labute approximate surface area is 253 Å². The molecular formula is C32H66NO7P. The van der Waals surface area contributed by atoms with E-state index >= 15 is 0 Å². The van der Waals surface area contributed by atoms with Crippen molar-refractivity contribution in [2.75, 3.05) is 54.1 Å². The van der Waals surface area contributed by atoms with Gasteiger partial charge in [-0.05, 0) is 32.1 Å². The lowest BCUT2D eigenvalue weighted by molar-refractivity contribution is -0.870. The third kappa shape index (κ3) is 30.8. The minimum atomic E-state index is -4.46. The predicted octanol–water partition coefficient (Wildman–Crippen LogP) is 7.96. The number of rotatable bonds is 31. The van der Waals surface area contributed by atoms with Crippen molar-refractivity contribution in [1.82, 2.24) is 0 Å². The first kappa shape index (κ1) is 40.5. The molecule has 0 amide bonds. The second-order valence-corrected chi connectivity index (χ2v) is 13.9. The smallest absolute Gasteiger partial charge is 0.306 e. The molecule has 0 fully saturated rings. The van der Waals surface area contributed by atoms with Gasteiger partial charge in [0.05, 0.1) is 47.5 Å². The molecule has 2 atom stereocenters. The molecule has 0 aliphatic carbocycles. The lowest BCUT2D eigenvalue weighted by atomic mass is 10.0. The van der Waals surface area contributed by atoms with Crippen LogP contribution >= 0.6 is 7.82 Å². The SMILES string of the molecule is CCCCCCCCCCCCCCCCOC[C@@H](COP(=O)([O-])OCCCCCC[N+](C)(C)C)OC(=O)CCC. The molecular weight excluding hydrogens is 541 g/mol. The van der Waals surface area contributed by atoms with Crippen molar-refractivity contribution in [1.29, 1.82) is 0 Å². The largest absolute Gasteiger partial charge is 0.756 e. The average Bonchev–Trinajstić information content (AvgIpc) is 2.90. The summed E-state index contributed by atoms with van der Waals surface area (Å²) in [6, 6.07) is 0. The second kappa shape index (κ2) is 27.1. The number of phosphoric acid groups is 1. The second-order valence-electron chi connectivity index (χ2n) is 12.5. The molecule has 0 aromatic heterocycles. The topological polar surface area (TPSA) is 94.1 Å². The van der Waals surface area contributed by atoms with E-state index in [0.29, 0.717) is 19.4 Å². The Morgan fingerprint density at radius 3 is 1.66 bits per heavy atom. The van der Waals surface area contributed by atoms with Crippen LogP contribution in [0.3, 0.4) is 0 Å². The third-order valence-corrected chi connectivity index (χ3v) is 8.05. The van der Waals surface area contributed by atoms with Gasteiger partial charge < -0.3 is 27.9 Å². The van der Waals surface area contributed by atoms with Crippen LogP contribution in [0, 0.1) is 0 Å². The fourth-order valence-electron chi connectivity index (χ4n) is 4.61. The van der Waals surface area contributed by atoms with E-state index in [1.54, 1.807) is 0 Å². The number of unbranched alkanes of at least 4 members (excludes halogenated alkanes) is 16. The minimum absolute atomic E-state index is 0.0983. The third-order valence-electron chi connectivity index (χ3n) is 7.09. The molecule has 0 rings (SSSR count). The van der Waals surface area contributed by atoms with Crippen LogP contribution in [0.5, 0.6) is 0 Å². The zero-order chi connectivity index (χ0) is 30.7. The van der Waals surface area contributed by atoms with E-state index < -0.39 is 13.9 Å². The van der Waals surface area contributed by atoms with Gasteiger partial charge in [0.25, 0.3) is 7.82 Å². The van der Waals surface area contributed by atoms with Crippen LogP contribution in [0.1, 0.15) is 142 Å². The number of ether oxygens (including phenoxy) is 2. The molecule has 0 aromatic rings. The lowest BCUT2D eigenvalue weighted by Gasteiger charge is -2.26. The normalized spacial score (nSPS) is 14.2. The van der Waals surface area contributed by atoms with Crippen molar-refractivity contribution in [3.63, 3.8) is 0 Å². The highest BCUT2D eigenvalue weighted by molar-refractivity contribution is 7.45. The molecule has 0 aliphatic heterocycles. The number of quaternary nitrogens is 1. The number of esters is 1. The molecule has 0 N–H and O–H groups in total. The molecule has 0 heterocycles. The Kier molecular flexibility index (Phi) is 26.7. The van der Waals surface area contributed by atoms with Crippen LogP contribution in [-0.4, -0.2) is 70.7 Å². The summed E-state index contributed by atoms with van der Waals surface area (Å²) < 4.78 is 34.3. The number of nitrogens with zero attached hydrogens (tertiary/aromatic N) is 1. The van der Waals surface area contributed by atoms with Crippen LogP contribution in [-0.2, 0) is 27.9 Å². The minimum Gasteiger partial charge on any atom is -0.756 e. The van der Waals surface area contributed by atoms with Gasteiger partial charge in [0, 0.05) is 13.0 Å². The highest BCUT2D eigenvalue weighted by Gasteiger charge is 2.19. The molecule has 0 bridgehead atoms. The summed E-state index contributed by atoms with van der Waals surface area (Å²) in [5.41, 5.74) is 0. The maximum atomic E-state index is 12.2. The Morgan fingerprint density at radius 1 is 0.659 bits per heavy atom. The first-order valence-electron chi connectivity index (χ1n) is 16.8. The average molecular weight is 608 g/mol. The van der Waals surface area contributed by atoms with E-state index in [1.165, 1.54) is 77.0 Å². The van der Waals surface area contributed by atoms with Crippen LogP contribution in [0.2, 0.25) is 0 Å². The van der Waals surface area contributed by atoms with Gasteiger partial charge in [-0.25, -0.2) is 0 Å². The molecule has 0 saturated heterocycles.